The number of thioether (sulfide) groups is 1. The number of carbonyl (C=O) groups is 3. The van der Waals surface area contributed by atoms with Crippen molar-refractivity contribution in [3.05, 3.63) is 48.0 Å². The van der Waals surface area contributed by atoms with Crippen molar-refractivity contribution in [1.82, 2.24) is 15.5 Å². The highest BCUT2D eigenvalue weighted by Gasteiger charge is 2.36. The fraction of sp³-hybridized carbons (Fsp3) is 0.500. The number of hydrogen-bond acceptors (Lipinski definition) is 5. The summed E-state index contributed by atoms with van der Waals surface area (Å²) in [6.45, 7) is 12.8. The zero-order chi connectivity index (χ0) is 25.9. The monoisotopic (exact) mass is 487 g/mol. The van der Waals surface area contributed by atoms with Crippen molar-refractivity contribution in [3.8, 4) is 12.3 Å². The third-order valence-corrected chi connectivity index (χ3v) is 5.25. The minimum atomic E-state index is -1.00. The molecule has 0 spiro atoms. The second-order valence-corrected chi connectivity index (χ2v) is 10.0. The van der Waals surface area contributed by atoms with Crippen LogP contribution in [-0.4, -0.2) is 59.0 Å². The average Bonchev–Trinajstić information content (AvgIpc) is 2.74. The molecule has 2 unspecified atom stereocenters. The molecule has 0 aromatic heterocycles. The predicted molar refractivity (Wildman–Crippen MR) is 138 cm³/mol. The fourth-order valence-electron chi connectivity index (χ4n) is 3.29. The van der Waals surface area contributed by atoms with Crippen LogP contribution in [0.2, 0.25) is 0 Å². The number of ether oxygens (including phenoxy) is 1. The zero-order valence-electron chi connectivity index (χ0n) is 21.0. The molecule has 2 N–H and O–H groups in total. The highest BCUT2D eigenvalue weighted by molar-refractivity contribution is 7.98. The molecule has 34 heavy (non-hydrogen) atoms. The van der Waals surface area contributed by atoms with E-state index in [0.29, 0.717) is 23.3 Å². The van der Waals surface area contributed by atoms with Gasteiger partial charge in [0.15, 0.2) is 0 Å². The molecule has 7 nitrogen and oxygen atoms in total. The van der Waals surface area contributed by atoms with E-state index in [9.17, 15) is 14.4 Å². The third kappa shape index (κ3) is 9.14. The first-order valence-electron chi connectivity index (χ1n) is 11.2. The molecule has 3 amide bonds. The molecule has 0 aliphatic rings. The summed E-state index contributed by atoms with van der Waals surface area (Å²) in [4.78, 5) is 41.1. The number of rotatable bonds is 11. The standard InChI is InChI=1S/C26H37N3O4S/c1-9-16-29(24(31)21(15-17-34-8)28-25(32)33-26(5,6)7)22(23(30)27-18(3)4)20-14-12-11-13-19(20)10-2/h2,9,11-14,18,21-22H,1,15-17H2,3-8H3,(H,27,30)(H,28,32). The number of alkyl carbamates (subject to hydrolysis) is 1. The molecule has 0 aliphatic heterocycles. The van der Waals surface area contributed by atoms with Crippen molar-refractivity contribution in [1.29, 1.82) is 0 Å². The van der Waals surface area contributed by atoms with E-state index in [0.717, 1.165) is 0 Å². The zero-order valence-corrected chi connectivity index (χ0v) is 21.8. The van der Waals surface area contributed by atoms with E-state index in [-0.39, 0.29) is 18.5 Å². The van der Waals surface area contributed by atoms with Gasteiger partial charge in [-0.15, -0.1) is 13.0 Å². The molecule has 0 heterocycles. The van der Waals surface area contributed by atoms with Gasteiger partial charge in [-0.05, 0) is 64.7 Å². The lowest BCUT2D eigenvalue weighted by Gasteiger charge is -2.34. The van der Waals surface area contributed by atoms with Gasteiger partial charge in [-0.1, -0.05) is 30.2 Å². The van der Waals surface area contributed by atoms with Crippen LogP contribution in [0.25, 0.3) is 0 Å². The average molecular weight is 488 g/mol. The van der Waals surface area contributed by atoms with Crippen molar-refractivity contribution < 1.29 is 19.1 Å². The summed E-state index contributed by atoms with van der Waals surface area (Å²) in [6.07, 6.45) is 8.84. The molecular formula is C26H37N3O4S. The van der Waals surface area contributed by atoms with E-state index in [2.05, 4.69) is 23.1 Å². The molecule has 0 saturated carbocycles. The molecule has 1 aromatic carbocycles. The van der Waals surface area contributed by atoms with Crippen LogP contribution >= 0.6 is 11.8 Å². The van der Waals surface area contributed by atoms with Gasteiger partial charge in [0.2, 0.25) is 11.8 Å². The van der Waals surface area contributed by atoms with Gasteiger partial charge >= 0.3 is 6.09 Å². The Bertz CT molecular complexity index is 902. The van der Waals surface area contributed by atoms with Crippen LogP contribution in [0, 0.1) is 12.3 Å². The maximum Gasteiger partial charge on any atom is 0.408 e. The van der Waals surface area contributed by atoms with Gasteiger partial charge in [0.1, 0.15) is 17.7 Å². The topological polar surface area (TPSA) is 87.7 Å². The smallest absolute Gasteiger partial charge is 0.408 e. The van der Waals surface area contributed by atoms with Crippen molar-refractivity contribution in [2.75, 3.05) is 18.6 Å². The fourth-order valence-corrected chi connectivity index (χ4v) is 3.76. The van der Waals surface area contributed by atoms with E-state index in [1.165, 1.54) is 4.90 Å². The van der Waals surface area contributed by atoms with E-state index >= 15 is 0 Å². The normalized spacial score (nSPS) is 12.8. The van der Waals surface area contributed by atoms with Crippen LogP contribution in [0.5, 0.6) is 0 Å². The van der Waals surface area contributed by atoms with E-state index in [4.69, 9.17) is 11.2 Å². The van der Waals surface area contributed by atoms with Crippen molar-refractivity contribution in [3.63, 3.8) is 0 Å². The molecule has 0 radical (unpaired) electrons. The summed E-state index contributed by atoms with van der Waals surface area (Å²) in [6, 6.07) is 4.97. The number of hydrogen-bond donors (Lipinski definition) is 2. The van der Waals surface area contributed by atoms with Crippen molar-refractivity contribution >= 4 is 29.7 Å². The van der Waals surface area contributed by atoms with Crippen LogP contribution in [0.15, 0.2) is 36.9 Å². The Morgan fingerprint density at radius 1 is 1.24 bits per heavy atom. The molecular weight excluding hydrogens is 450 g/mol. The van der Waals surface area contributed by atoms with Crippen LogP contribution in [-0.2, 0) is 14.3 Å². The number of carbonyl (C=O) groups excluding carboxylic acids is 3. The van der Waals surface area contributed by atoms with Gasteiger partial charge in [-0.2, -0.15) is 11.8 Å². The number of benzene rings is 1. The Morgan fingerprint density at radius 3 is 2.41 bits per heavy atom. The summed E-state index contributed by atoms with van der Waals surface area (Å²) in [5.74, 6) is 2.44. The number of terminal acetylenes is 1. The van der Waals surface area contributed by atoms with Crippen LogP contribution in [0.4, 0.5) is 4.79 Å². The quantitative estimate of drug-likeness (QED) is 0.365. The SMILES string of the molecule is C#Cc1ccccc1C(C(=O)NC(C)C)N(CC=C)C(=O)C(CCSC)NC(=O)OC(C)(C)C. The number of nitrogens with zero attached hydrogens (tertiary/aromatic N) is 1. The lowest BCUT2D eigenvalue weighted by atomic mass is 9.97. The second kappa shape index (κ2) is 13.7. The lowest BCUT2D eigenvalue weighted by Crippen LogP contribution is -2.53. The summed E-state index contributed by atoms with van der Waals surface area (Å²) >= 11 is 1.55. The highest BCUT2D eigenvalue weighted by Crippen LogP contribution is 2.26. The van der Waals surface area contributed by atoms with Gasteiger partial charge in [0.05, 0.1) is 0 Å². The minimum absolute atomic E-state index is 0.0830. The minimum Gasteiger partial charge on any atom is -0.444 e. The molecule has 2 atom stereocenters. The first-order chi connectivity index (χ1) is 15.9. The molecule has 1 rings (SSSR count). The molecule has 0 aliphatic carbocycles. The van der Waals surface area contributed by atoms with Crippen LogP contribution in [0.1, 0.15) is 58.2 Å². The Hall–Kier alpha value is -2.92. The summed E-state index contributed by atoms with van der Waals surface area (Å²) < 4.78 is 5.37. The Balaban J connectivity index is 3.48. The third-order valence-electron chi connectivity index (χ3n) is 4.61. The molecule has 0 saturated heterocycles. The van der Waals surface area contributed by atoms with E-state index in [1.54, 1.807) is 62.9 Å². The first-order valence-corrected chi connectivity index (χ1v) is 12.6. The number of nitrogens with one attached hydrogen (secondary N) is 2. The Labute approximate surface area is 208 Å². The van der Waals surface area contributed by atoms with Crippen LogP contribution < -0.4 is 10.6 Å². The molecule has 0 fully saturated rings. The van der Waals surface area contributed by atoms with Gasteiger partial charge in [0, 0.05) is 18.2 Å². The van der Waals surface area contributed by atoms with E-state index in [1.807, 2.05) is 20.1 Å². The largest absolute Gasteiger partial charge is 0.444 e. The Morgan fingerprint density at radius 2 is 1.88 bits per heavy atom. The molecule has 8 heteroatoms. The molecule has 1 aromatic rings. The van der Waals surface area contributed by atoms with Gasteiger partial charge in [-0.3, -0.25) is 9.59 Å². The van der Waals surface area contributed by atoms with Gasteiger partial charge in [-0.25, -0.2) is 4.79 Å². The summed E-state index contributed by atoms with van der Waals surface area (Å²) in [7, 11) is 0. The van der Waals surface area contributed by atoms with Crippen molar-refractivity contribution in [2.24, 2.45) is 0 Å². The summed E-state index contributed by atoms with van der Waals surface area (Å²) in [5, 5.41) is 5.58. The predicted octanol–water partition coefficient (Wildman–Crippen LogP) is 3.89. The lowest BCUT2D eigenvalue weighted by molar-refractivity contribution is -0.142. The maximum atomic E-state index is 13.8. The molecule has 186 valence electrons. The maximum absolute atomic E-state index is 13.8. The van der Waals surface area contributed by atoms with Gasteiger partial charge < -0.3 is 20.3 Å². The second-order valence-electron chi connectivity index (χ2n) is 9.06. The van der Waals surface area contributed by atoms with E-state index < -0.39 is 29.7 Å². The summed E-state index contributed by atoms with van der Waals surface area (Å²) in [5.41, 5.74) is 0.317. The van der Waals surface area contributed by atoms with Crippen LogP contribution in [0.3, 0.4) is 0 Å². The highest BCUT2D eigenvalue weighted by atomic mass is 32.2. The number of amides is 3. The van der Waals surface area contributed by atoms with Crippen molar-refractivity contribution in [2.45, 2.75) is 64.8 Å². The Kier molecular flexibility index (Phi) is 11.7. The molecule has 0 bridgehead atoms. The first kappa shape index (κ1) is 29.1. The van der Waals surface area contributed by atoms with Gasteiger partial charge in [0.25, 0.3) is 0 Å².